The fourth-order valence-electron chi connectivity index (χ4n) is 1.53. The first-order valence-corrected chi connectivity index (χ1v) is 7.32. The van der Waals surface area contributed by atoms with E-state index >= 15 is 0 Å². The quantitative estimate of drug-likeness (QED) is 0.427. The molecule has 5 heteroatoms. The third-order valence-corrected chi connectivity index (χ3v) is 3.51. The summed E-state index contributed by atoms with van der Waals surface area (Å²) >= 11 is 1.51. The largest absolute Gasteiger partial charge is 0.465 e. The summed E-state index contributed by atoms with van der Waals surface area (Å²) in [6.45, 7) is 4.52. The van der Waals surface area contributed by atoms with Crippen molar-refractivity contribution in [1.82, 2.24) is 5.32 Å². The average molecular weight is 283 g/mol. The summed E-state index contributed by atoms with van der Waals surface area (Å²) in [5.74, 6) is 0.178. The molecule has 0 heterocycles. The van der Waals surface area contributed by atoms with Crippen molar-refractivity contribution < 1.29 is 14.3 Å². The van der Waals surface area contributed by atoms with E-state index in [-0.39, 0.29) is 5.97 Å². The second-order valence-electron chi connectivity index (χ2n) is 3.87. The zero-order chi connectivity index (χ0) is 13.9. The zero-order valence-corrected chi connectivity index (χ0v) is 12.3. The van der Waals surface area contributed by atoms with Crippen LogP contribution < -0.4 is 5.32 Å². The second kappa shape index (κ2) is 9.83. The van der Waals surface area contributed by atoms with Gasteiger partial charge in [0.05, 0.1) is 19.0 Å². The fraction of sp³-hybridized carbons (Fsp3) is 0.500. The van der Waals surface area contributed by atoms with Crippen LogP contribution in [0.15, 0.2) is 29.2 Å². The van der Waals surface area contributed by atoms with Crippen LogP contribution in [0.1, 0.15) is 12.5 Å². The smallest absolute Gasteiger partial charge is 0.316 e. The molecule has 0 saturated carbocycles. The van der Waals surface area contributed by atoms with Crippen LogP contribution >= 0.6 is 11.8 Å². The van der Waals surface area contributed by atoms with Crippen molar-refractivity contribution in [3.63, 3.8) is 0 Å². The Hall–Kier alpha value is -1.04. The van der Waals surface area contributed by atoms with E-state index in [2.05, 4.69) is 11.4 Å². The van der Waals surface area contributed by atoms with Gasteiger partial charge in [0, 0.05) is 25.1 Å². The number of methoxy groups -OCH3 is 1. The van der Waals surface area contributed by atoms with Gasteiger partial charge in [-0.25, -0.2) is 0 Å². The van der Waals surface area contributed by atoms with Crippen LogP contribution in [0.25, 0.3) is 0 Å². The molecule has 0 bridgehead atoms. The highest BCUT2D eigenvalue weighted by atomic mass is 32.2. The summed E-state index contributed by atoms with van der Waals surface area (Å²) < 4.78 is 9.91. The SMILES string of the molecule is CCOC(=O)CSc1ccccc1CNCCOC. The van der Waals surface area contributed by atoms with Crippen molar-refractivity contribution >= 4 is 17.7 Å². The highest BCUT2D eigenvalue weighted by Gasteiger charge is 2.06. The zero-order valence-electron chi connectivity index (χ0n) is 11.5. The molecule has 4 nitrogen and oxygen atoms in total. The normalized spacial score (nSPS) is 10.4. The molecule has 1 N–H and O–H groups in total. The summed E-state index contributed by atoms with van der Waals surface area (Å²) in [5.41, 5.74) is 1.19. The molecule has 0 amide bonds. The molecule has 0 aromatic heterocycles. The maximum atomic E-state index is 11.4. The molecular formula is C14H21NO3S. The van der Waals surface area contributed by atoms with Crippen molar-refractivity contribution in [2.45, 2.75) is 18.4 Å². The maximum Gasteiger partial charge on any atom is 0.316 e. The maximum absolute atomic E-state index is 11.4. The van der Waals surface area contributed by atoms with Crippen molar-refractivity contribution in [2.24, 2.45) is 0 Å². The molecular weight excluding hydrogens is 262 g/mol. The van der Waals surface area contributed by atoms with E-state index < -0.39 is 0 Å². The van der Waals surface area contributed by atoms with Gasteiger partial charge in [-0.05, 0) is 18.6 Å². The first-order valence-electron chi connectivity index (χ1n) is 6.34. The van der Waals surface area contributed by atoms with E-state index in [1.54, 1.807) is 7.11 Å². The second-order valence-corrected chi connectivity index (χ2v) is 4.89. The molecule has 0 fully saturated rings. The van der Waals surface area contributed by atoms with Gasteiger partial charge in [-0.2, -0.15) is 0 Å². The molecule has 0 unspecified atom stereocenters. The minimum atomic E-state index is -0.172. The lowest BCUT2D eigenvalue weighted by atomic mass is 10.2. The molecule has 1 aromatic carbocycles. The van der Waals surface area contributed by atoms with Gasteiger partial charge in [0.1, 0.15) is 0 Å². The third kappa shape index (κ3) is 6.61. The van der Waals surface area contributed by atoms with Crippen LogP contribution in [0.4, 0.5) is 0 Å². The van der Waals surface area contributed by atoms with Crippen LogP contribution in [0.2, 0.25) is 0 Å². The number of nitrogens with one attached hydrogen (secondary N) is 1. The number of carbonyl (C=O) groups excluding carboxylic acids is 1. The van der Waals surface area contributed by atoms with E-state index in [0.29, 0.717) is 19.0 Å². The Morgan fingerprint density at radius 2 is 2.16 bits per heavy atom. The van der Waals surface area contributed by atoms with Crippen LogP contribution in [-0.2, 0) is 20.8 Å². The summed E-state index contributed by atoms with van der Waals surface area (Å²) in [7, 11) is 1.69. The summed E-state index contributed by atoms with van der Waals surface area (Å²) in [6, 6.07) is 8.07. The highest BCUT2D eigenvalue weighted by molar-refractivity contribution is 8.00. The van der Waals surface area contributed by atoms with Gasteiger partial charge in [0.25, 0.3) is 0 Å². The van der Waals surface area contributed by atoms with Crippen molar-refractivity contribution in [2.75, 3.05) is 32.6 Å². The molecule has 19 heavy (non-hydrogen) atoms. The molecule has 0 saturated heterocycles. The van der Waals surface area contributed by atoms with E-state index in [1.807, 2.05) is 25.1 Å². The Bertz CT molecular complexity index is 385. The Labute approximate surface area is 118 Å². The predicted molar refractivity (Wildman–Crippen MR) is 77.4 cm³/mol. The Morgan fingerprint density at radius 1 is 1.37 bits per heavy atom. The van der Waals surface area contributed by atoms with Crippen molar-refractivity contribution in [1.29, 1.82) is 0 Å². The third-order valence-electron chi connectivity index (χ3n) is 2.42. The van der Waals surface area contributed by atoms with E-state index in [4.69, 9.17) is 9.47 Å². The van der Waals surface area contributed by atoms with E-state index in [9.17, 15) is 4.79 Å². The lowest BCUT2D eigenvalue weighted by Crippen LogP contribution is -2.19. The first-order chi connectivity index (χ1) is 9.27. The van der Waals surface area contributed by atoms with E-state index in [0.717, 1.165) is 18.0 Å². The summed E-state index contributed by atoms with van der Waals surface area (Å²) in [4.78, 5) is 12.5. The van der Waals surface area contributed by atoms with Gasteiger partial charge in [-0.1, -0.05) is 18.2 Å². The number of hydrogen-bond acceptors (Lipinski definition) is 5. The standard InChI is InChI=1S/C14H21NO3S/c1-3-18-14(16)11-19-13-7-5-4-6-12(13)10-15-8-9-17-2/h4-7,15H,3,8-11H2,1-2H3. The number of esters is 1. The molecule has 0 atom stereocenters. The minimum absolute atomic E-state index is 0.172. The van der Waals surface area contributed by atoms with Crippen molar-refractivity contribution in [3.8, 4) is 0 Å². The Balaban J connectivity index is 2.45. The number of ether oxygens (including phenoxy) is 2. The van der Waals surface area contributed by atoms with Gasteiger partial charge < -0.3 is 14.8 Å². The lowest BCUT2D eigenvalue weighted by Gasteiger charge is -2.10. The summed E-state index contributed by atoms with van der Waals surface area (Å²) in [6.07, 6.45) is 0. The van der Waals surface area contributed by atoms with Crippen LogP contribution in [-0.4, -0.2) is 38.6 Å². The molecule has 0 aliphatic carbocycles. The van der Waals surface area contributed by atoms with Gasteiger partial charge in [0.15, 0.2) is 0 Å². The monoisotopic (exact) mass is 283 g/mol. The number of rotatable bonds is 9. The van der Waals surface area contributed by atoms with Gasteiger partial charge >= 0.3 is 5.97 Å². The first kappa shape index (κ1) is 16.0. The van der Waals surface area contributed by atoms with Crippen LogP contribution in [0.5, 0.6) is 0 Å². The molecule has 0 spiro atoms. The number of carbonyl (C=O) groups is 1. The van der Waals surface area contributed by atoms with Crippen LogP contribution in [0, 0.1) is 0 Å². The molecule has 0 aliphatic rings. The topological polar surface area (TPSA) is 47.6 Å². The molecule has 1 rings (SSSR count). The fourth-order valence-corrected chi connectivity index (χ4v) is 2.38. The van der Waals surface area contributed by atoms with Crippen LogP contribution in [0.3, 0.4) is 0 Å². The number of hydrogen-bond donors (Lipinski definition) is 1. The molecule has 106 valence electrons. The highest BCUT2D eigenvalue weighted by Crippen LogP contribution is 2.22. The number of thioether (sulfide) groups is 1. The van der Waals surface area contributed by atoms with Gasteiger partial charge in [0.2, 0.25) is 0 Å². The predicted octanol–water partition coefficient (Wildman–Crippen LogP) is 2.08. The van der Waals surface area contributed by atoms with Gasteiger partial charge in [-0.3, -0.25) is 4.79 Å². The molecule has 1 aromatic rings. The van der Waals surface area contributed by atoms with Crippen molar-refractivity contribution in [3.05, 3.63) is 29.8 Å². The summed E-state index contributed by atoms with van der Waals surface area (Å²) in [5, 5.41) is 3.30. The number of benzene rings is 1. The lowest BCUT2D eigenvalue weighted by molar-refractivity contribution is -0.139. The minimum Gasteiger partial charge on any atom is -0.465 e. The van der Waals surface area contributed by atoms with Gasteiger partial charge in [-0.15, -0.1) is 11.8 Å². The Kier molecular flexibility index (Phi) is 8.29. The Morgan fingerprint density at radius 3 is 2.89 bits per heavy atom. The molecule has 0 aliphatic heterocycles. The average Bonchev–Trinajstić information content (AvgIpc) is 2.43. The molecule has 0 radical (unpaired) electrons. The van der Waals surface area contributed by atoms with E-state index in [1.165, 1.54) is 17.3 Å².